The molecule has 33 heavy (non-hydrogen) atoms. The fraction of sp³-hybridized carbons (Fsp3) is 0.227. The summed E-state index contributed by atoms with van der Waals surface area (Å²) in [5, 5.41) is 16.1. The Kier molecular flexibility index (Phi) is 6.71. The first kappa shape index (κ1) is 22.5. The molecule has 4 aromatic rings. The first-order valence-electron chi connectivity index (χ1n) is 10.2. The number of aromatic nitrogens is 4. The topological polar surface area (TPSA) is 120 Å². The number of sulfonamides is 1. The summed E-state index contributed by atoms with van der Waals surface area (Å²) in [5.41, 5.74) is 1.57. The molecule has 2 aromatic carbocycles. The van der Waals surface area contributed by atoms with E-state index in [1.165, 1.54) is 13.2 Å². The summed E-state index contributed by atoms with van der Waals surface area (Å²) in [7, 11) is -0.675. The Morgan fingerprint density at radius 3 is 2.42 bits per heavy atom. The van der Waals surface area contributed by atoms with Gasteiger partial charge in [-0.3, -0.25) is 0 Å². The van der Waals surface area contributed by atoms with Gasteiger partial charge < -0.3 is 14.8 Å². The SMILES string of the molecule is COc1ccccc1CNc1ccc2nnc(CCNS(=O)(=O)c3ccccc3OC)n2n1. The van der Waals surface area contributed by atoms with Gasteiger partial charge in [0.2, 0.25) is 10.0 Å². The van der Waals surface area contributed by atoms with Gasteiger partial charge in [-0.25, -0.2) is 13.1 Å². The Hall–Kier alpha value is -3.70. The minimum atomic E-state index is -3.74. The van der Waals surface area contributed by atoms with Crippen molar-refractivity contribution in [3.63, 3.8) is 0 Å². The maximum atomic E-state index is 12.7. The zero-order valence-corrected chi connectivity index (χ0v) is 19.0. The van der Waals surface area contributed by atoms with Crippen LogP contribution in [0.25, 0.3) is 5.65 Å². The molecule has 0 amide bonds. The van der Waals surface area contributed by atoms with Crippen molar-refractivity contribution >= 4 is 21.5 Å². The molecule has 0 bridgehead atoms. The van der Waals surface area contributed by atoms with Crippen LogP contribution in [-0.4, -0.2) is 49.0 Å². The molecule has 11 heteroatoms. The van der Waals surface area contributed by atoms with E-state index in [0.717, 1.165) is 11.3 Å². The number of benzene rings is 2. The van der Waals surface area contributed by atoms with Crippen LogP contribution in [0.4, 0.5) is 5.82 Å². The third-order valence-corrected chi connectivity index (χ3v) is 6.48. The van der Waals surface area contributed by atoms with E-state index in [9.17, 15) is 8.42 Å². The van der Waals surface area contributed by atoms with Crippen molar-refractivity contribution in [3.8, 4) is 11.5 Å². The molecule has 10 nitrogen and oxygen atoms in total. The molecule has 0 aliphatic carbocycles. The van der Waals surface area contributed by atoms with Crippen LogP contribution in [0.5, 0.6) is 11.5 Å². The van der Waals surface area contributed by atoms with Crippen LogP contribution < -0.4 is 19.5 Å². The van der Waals surface area contributed by atoms with Crippen LogP contribution in [0.3, 0.4) is 0 Å². The number of nitrogens with one attached hydrogen (secondary N) is 2. The molecule has 4 rings (SSSR count). The lowest BCUT2D eigenvalue weighted by Gasteiger charge is -2.11. The van der Waals surface area contributed by atoms with E-state index < -0.39 is 10.0 Å². The van der Waals surface area contributed by atoms with Crippen molar-refractivity contribution in [2.24, 2.45) is 0 Å². The Balaban J connectivity index is 1.44. The molecule has 0 saturated heterocycles. The summed E-state index contributed by atoms with van der Waals surface area (Å²) in [6, 6.07) is 17.8. The lowest BCUT2D eigenvalue weighted by atomic mass is 10.2. The Morgan fingerprint density at radius 2 is 1.64 bits per heavy atom. The second kappa shape index (κ2) is 9.84. The highest BCUT2D eigenvalue weighted by Gasteiger charge is 2.19. The first-order chi connectivity index (χ1) is 16.0. The lowest BCUT2D eigenvalue weighted by molar-refractivity contribution is 0.402. The molecular formula is C22H24N6O4S. The molecule has 0 saturated carbocycles. The largest absolute Gasteiger partial charge is 0.496 e. The highest BCUT2D eigenvalue weighted by molar-refractivity contribution is 7.89. The van der Waals surface area contributed by atoms with Crippen molar-refractivity contribution in [2.75, 3.05) is 26.1 Å². The molecule has 172 valence electrons. The summed E-state index contributed by atoms with van der Waals surface area (Å²) in [6.07, 6.45) is 0.304. The number of hydrogen-bond donors (Lipinski definition) is 2. The van der Waals surface area contributed by atoms with Crippen LogP contribution in [0.1, 0.15) is 11.4 Å². The van der Waals surface area contributed by atoms with Crippen molar-refractivity contribution in [2.45, 2.75) is 17.9 Å². The summed E-state index contributed by atoms with van der Waals surface area (Å²) in [4.78, 5) is 0.0829. The van der Waals surface area contributed by atoms with Gasteiger partial charge in [0, 0.05) is 25.1 Å². The Labute approximate surface area is 191 Å². The number of hydrogen-bond acceptors (Lipinski definition) is 8. The monoisotopic (exact) mass is 468 g/mol. The van der Waals surface area contributed by atoms with Gasteiger partial charge in [0.25, 0.3) is 0 Å². The highest BCUT2D eigenvalue weighted by Crippen LogP contribution is 2.22. The van der Waals surface area contributed by atoms with Gasteiger partial charge in [-0.15, -0.1) is 15.3 Å². The third-order valence-electron chi connectivity index (χ3n) is 4.98. The second-order valence-corrected chi connectivity index (χ2v) is 8.80. The van der Waals surface area contributed by atoms with Gasteiger partial charge in [-0.2, -0.15) is 4.52 Å². The predicted octanol–water partition coefficient (Wildman–Crippen LogP) is 2.27. The molecule has 0 fully saturated rings. The minimum absolute atomic E-state index is 0.0829. The first-order valence-corrected chi connectivity index (χ1v) is 11.7. The van der Waals surface area contributed by atoms with E-state index in [1.807, 2.05) is 30.3 Å². The number of fused-ring (bicyclic) bond motifs is 1. The summed E-state index contributed by atoms with van der Waals surface area (Å²) < 4.78 is 40.0. The van der Waals surface area contributed by atoms with Gasteiger partial charge in [-0.1, -0.05) is 30.3 Å². The lowest BCUT2D eigenvalue weighted by Crippen LogP contribution is -2.27. The van der Waals surface area contributed by atoms with Crippen LogP contribution in [0, 0.1) is 0 Å². The zero-order chi connectivity index (χ0) is 23.3. The fourth-order valence-corrected chi connectivity index (χ4v) is 4.53. The number of ether oxygens (including phenoxy) is 2. The van der Waals surface area contributed by atoms with Crippen molar-refractivity contribution in [3.05, 3.63) is 72.1 Å². The smallest absolute Gasteiger partial charge is 0.244 e. The van der Waals surface area contributed by atoms with Crippen molar-refractivity contribution in [1.29, 1.82) is 0 Å². The van der Waals surface area contributed by atoms with E-state index in [1.54, 1.807) is 35.9 Å². The van der Waals surface area contributed by atoms with Crippen LogP contribution in [0.15, 0.2) is 65.6 Å². The predicted molar refractivity (Wildman–Crippen MR) is 123 cm³/mol. The van der Waals surface area contributed by atoms with Gasteiger partial charge in [-0.05, 0) is 30.3 Å². The molecule has 0 radical (unpaired) electrons. The summed E-state index contributed by atoms with van der Waals surface area (Å²) >= 11 is 0. The van der Waals surface area contributed by atoms with Gasteiger partial charge >= 0.3 is 0 Å². The highest BCUT2D eigenvalue weighted by atomic mass is 32.2. The number of anilines is 1. The Morgan fingerprint density at radius 1 is 0.909 bits per heavy atom. The second-order valence-electron chi connectivity index (χ2n) is 7.07. The molecule has 2 heterocycles. The molecule has 2 N–H and O–H groups in total. The van der Waals surface area contributed by atoms with E-state index in [-0.39, 0.29) is 17.2 Å². The normalized spacial score (nSPS) is 11.5. The Bertz CT molecular complexity index is 1360. The maximum Gasteiger partial charge on any atom is 0.244 e. The van der Waals surface area contributed by atoms with Crippen molar-refractivity contribution in [1.82, 2.24) is 24.5 Å². The average molecular weight is 469 g/mol. The molecule has 0 aliphatic heterocycles. The molecule has 0 atom stereocenters. The quantitative estimate of drug-likeness (QED) is 0.364. The summed E-state index contributed by atoms with van der Waals surface area (Å²) in [5.74, 6) is 2.24. The van der Waals surface area contributed by atoms with E-state index in [4.69, 9.17) is 9.47 Å². The summed E-state index contributed by atoms with van der Waals surface area (Å²) in [6.45, 7) is 0.653. The van der Waals surface area contributed by atoms with Crippen molar-refractivity contribution < 1.29 is 17.9 Å². The number of rotatable bonds is 10. The number of nitrogens with zero attached hydrogens (tertiary/aromatic N) is 4. The van der Waals surface area contributed by atoms with E-state index >= 15 is 0 Å². The number of methoxy groups -OCH3 is 2. The molecule has 2 aromatic heterocycles. The van der Waals surface area contributed by atoms with Gasteiger partial charge in [0.05, 0.1) is 14.2 Å². The van der Waals surface area contributed by atoms with Gasteiger partial charge in [0.1, 0.15) is 22.2 Å². The molecule has 0 unspecified atom stereocenters. The van der Waals surface area contributed by atoms with Crippen LogP contribution >= 0.6 is 0 Å². The standard InChI is InChI=1S/C22H24N6O4S/c1-31-17-8-4-3-7-16(17)15-23-20-11-12-21-25-26-22(28(21)27-20)13-14-24-33(29,30)19-10-6-5-9-18(19)32-2/h3-12,24H,13-15H2,1-2H3,(H,23,27). The minimum Gasteiger partial charge on any atom is -0.496 e. The molecule has 0 aliphatic rings. The van der Waals surface area contributed by atoms with E-state index in [0.29, 0.717) is 30.3 Å². The number of para-hydroxylation sites is 2. The zero-order valence-electron chi connectivity index (χ0n) is 18.2. The maximum absolute atomic E-state index is 12.7. The van der Waals surface area contributed by atoms with Crippen LogP contribution in [-0.2, 0) is 23.0 Å². The molecular weight excluding hydrogens is 444 g/mol. The van der Waals surface area contributed by atoms with Gasteiger partial charge in [0.15, 0.2) is 11.5 Å². The molecule has 0 spiro atoms. The third kappa shape index (κ3) is 5.04. The fourth-order valence-electron chi connectivity index (χ4n) is 3.33. The average Bonchev–Trinajstić information content (AvgIpc) is 3.25. The van der Waals surface area contributed by atoms with E-state index in [2.05, 4.69) is 25.3 Å². The van der Waals surface area contributed by atoms with Crippen LogP contribution in [0.2, 0.25) is 0 Å².